The lowest BCUT2D eigenvalue weighted by molar-refractivity contribution is 0.344. The number of ether oxygens (including phenoxy) is 1. The molecule has 1 heterocycles. The highest BCUT2D eigenvalue weighted by atomic mass is 16.5. The Morgan fingerprint density at radius 3 is 3.00 bits per heavy atom. The predicted octanol–water partition coefficient (Wildman–Crippen LogP) is 2.57. The van der Waals surface area contributed by atoms with Crippen molar-refractivity contribution in [1.82, 2.24) is 4.98 Å². The molecule has 0 atom stereocenters. The number of aromatic amines is 1. The van der Waals surface area contributed by atoms with Crippen molar-refractivity contribution in [2.45, 2.75) is 6.92 Å². The van der Waals surface area contributed by atoms with Crippen LogP contribution in [0.15, 0.2) is 30.5 Å². The molecule has 0 amide bonds. The molecule has 0 saturated heterocycles. The van der Waals surface area contributed by atoms with Crippen LogP contribution in [0.1, 0.15) is 6.92 Å². The van der Waals surface area contributed by atoms with Crippen molar-refractivity contribution in [3.8, 4) is 5.75 Å². The van der Waals surface area contributed by atoms with Crippen LogP contribution in [0.5, 0.6) is 5.75 Å². The van der Waals surface area contributed by atoms with Gasteiger partial charge < -0.3 is 9.72 Å². The van der Waals surface area contributed by atoms with Crippen LogP contribution in [0.4, 0.5) is 0 Å². The monoisotopic (exact) mass is 161 g/mol. The Hall–Kier alpha value is -1.44. The summed E-state index contributed by atoms with van der Waals surface area (Å²) in [7, 11) is 0. The largest absolute Gasteiger partial charge is 0.492 e. The third kappa shape index (κ3) is 1.05. The molecule has 0 fully saturated rings. The summed E-state index contributed by atoms with van der Waals surface area (Å²) >= 11 is 0. The molecule has 2 rings (SSSR count). The van der Waals surface area contributed by atoms with Gasteiger partial charge in [-0.3, -0.25) is 0 Å². The van der Waals surface area contributed by atoms with Gasteiger partial charge >= 0.3 is 0 Å². The first kappa shape index (κ1) is 7.22. The average molecular weight is 161 g/mol. The molecular weight excluding hydrogens is 150 g/mol. The molecule has 0 spiro atoms. The van der Waals surface area contributed by atoms with Gasteiger partial charge in [-0.2, -0.15) is 0 Å². The van der Waals surface area contributed by atoms with Crippen molar-refractivity contribution in [1.29, 1.82) is 0 Å². The molecule has 0 unspecified atom stereocenters. The molecule has 62 valence electrons. The van der Waals surface area contributed by atoms with E-state index in [1.807, 2.05) is 31.3 Å². The molecule has 1 aromatic heterocycles. The molecule has 0 aliphatic rings. The van der Waals surface area contributed by atoms with Crippen LogP contribution in [0.2, 0.25) is 0 Å². The van der Waals surface area contributed by atoms with Crippen molar-refractivity contribution in [2.75, 3.05) is 6.61 Å². The summed E-state index contributed by atoms with van der Waals surface area (Å²) in [6.07, 6.45) is 1.90. The van der Waals surface area contributed by atoms with E-state index in [-0.39, 0.29) is 0 Å². The summed E-state index contributed by atoms with van der Waals surface area (Å²) in [5.74, 6) is 0.938. The first-order valence-electron chi connectivity index (χ1n) is 4.10. The highest BCUT2D eigenvalue weighted by Crippen LogP contribution is 2.24. The SMILES string of the molecule is CCOc1c[nH]c2ccccc12. The van der Waals surface area contributed by atoms with Crippen LogP contribution in [0.3, 0.4) is 0 Å². The second-order valence-electron chi connectivity index (χ2n) is 2.63. The second-order valence-corrected chi connectivity index (χ2v) is 2.63. The topological polar surface area (TPSA) is 25.0 Å². The molecule has 0 saturated carbocycles. The lowest BCUT2D eigenvalue weighted by Gasteiger charge is -1.98. The van der Waals surface area contributed by atoms with E-state index in [1.54, 1.807) is 0 Å². The highest BCUT2D eigenvalue weighted by molar-refractivity contribution is 5.85. The summed E-state index contributed by atoms with van der Waals surface area (Å²) in [6.45, 7) is 2.70. The van der Waals surface area contributed by atoms with E-state index in [1.165, 1.54) is 0 Å². The van der Waals surface area contributed by atoms with Gasteiger partial charge in [-0.25, -0.2) is 0 Å². The number of benzene rings is 1. The fourth-order valence-corrected chi connectivity index (χ4v) is 1.32. The van der Waals surface area contributed by atoms with Gasteiger partial charge in [-0.05, 0) is 19.1 Å². The van der Waals surface area contributed by atoms with Crippen molar-refractivity contribution < 1.29 is 4.74 Å². The third-order valence-electron chi connectivity index (χ3n) is 1.85. The van der Waals surface area contributed by atoms with Crippen LogP contribution >= 0.6 is 0 Å². The number of H-pyrrole nitrogens is 1. The van der Waals surface area contributed by atoms with Crippen LogP contribution in [0, 0.1) is 0 Å². The third-order valence-corrected chi connectivity index (χ3v) is 1.85. The van der Waals surface area contributed by atoms with E-state index in [9.17, 15) is 0 Å². The first-order chi connectivity index (χ1) is 5.92. The maximum atomic E-state index is 5.43. The summed E-state index contributed by atoms with van der Waals surface area (Å²) in [6, 6.07) is 8.11. The minimum atomic E-state index is 0.710. The van der Waals surface area contributed by atoms with Crippen LogP contribution in [-0.2, 0) is 0 Å². The van der Waals surface area contributed by atoms with E-state index >= 15 is 0 Å². The van der Waals surface area contributed by atoms with Gasteiger partial charge in [-0.1, -0.05) is 12.1 Å². The van der Waals surface area contributed by atoms with E-state index in [4.69, 9.17) is 4.74 Å². The van der Waals surface area contributed by atoms with E-state index < -0.39 is 0 Å². The number of nitrogens with one attached hydrogen (secondary N) is 1. The normalized spacial score (nSPS) is 10.4. The molecule has 0 aliphatic carbocycles. The molecule has 0 aliphatic heterocycles. The van der Waals surface area contributed by atoms with Crippen LogP contribution < -0.4 is 4.74 Å². The fraction of sp³-hybridized carbons (Fsp3) is 0.200. The van der Waals surface area contributed by atoms with Gasteiger partial charge in [0.05, 0.1) is 6.61 Å². The van der Waals surface area contributed by atoms with E-state index in [0.29, 0.717) is 6.61 Å². The second kappa shape index (κ2) is 2.89. The lowest BCUT2D eigenvalue weighted by atomic mass is 10.2. The Kier molecular flexibility index (Phi) is 1.74. The average Bonchev–Trinajstić information content (AvgIpc) is 2.50. The van der Waals surface area contributed by atoms with Gasteiger partial charge in [0, 0.05) is 17.1 Å². The standard InChI is InChI=1S/C10H11NO/c1-2-12-10-7-11-9-6-4-3-5-8(9)10/h3-7,11H,2H2,1H3. The molecule has 0 radical (unpaired) electrons. The molecule has 2 heteroatoms. The smallest absolute Gasteiger partial charge is 0.144 e. The number of fused-ring (bicyclic) bond motifs is 1. The quantitative estimate of drug-likeness (QED) is 0.719. The number of rotatable bonds is 2. The van der Waals surface area contributed by atoms with Crippen molar-refractivity contribution in [3.05, 3.63) is 30.5 Å². The van der Waals surface area contributed by atoms with Gasteiger partial charge in [0.25, 0.3) is 0 Å². The van der Waals surface area contributed by atoms with Gasteiger partial charge in [0.15, 0.2) is 0 Å². The van der Waals surface area contributed by atoms with Crippen molar-refractivity contribution >= 4 is 10.9 Å². The Morgan fingerprint density at radius 2 is 2.17 bits per heavy atom. The number of hydrogen-bond acceptors (Lipinski definition) is 1. The Labute approximate surface area is 71.2 Å². The number of aromatic nitrogens is 1. The molecule has 1 N–H and O–H groups in total. The summed E-state index contributed by atoms with van der Waals surface area (Å²) in [5.41, 5.74) is 1.13. The summed E-state index contributed by atoms with van der Waals surface area (Å²) in [5, 5.41) is 1.15. The zero-order valence-corrected chi connectivity index (χ0v) is 7.00. The maximum Gasteiger partial charge on any atom is 0.144 e. The van der Waals surface area contributed by atoms with Gasteiger partial charge in [-0.15, -0.1) is 0 Å². The molecule has 2 aromatic rings. The summed E-state index contributed by atoms with van der Waals surface area (Å²) in [4.78, 5) is 3.15. The van der Waals surface area contributed by atoms with Crippen molar-refractivity contribution in [2.24, 2.45) is 0 Å². The zero-order chi connectivity index (χ0) is 8.39. The minimum Gasteiger partial charge on any atom is -0.492 e. The molecule has 2 nitrogen and oxygen atoms in total. The maximum absolute atomic E-state index is 5.43. The Balaban J connectivity index is 2.55. The number of hydrogen-bond donors (Lipinski definition) is 1. The van der Waals surface area contributed by atoms with Crippen LogP contribution in [-0.4, -0.2) is 11.6 Å². The highest BCUT2D eigenvalue weighted by Gasteiger charge is 2.00. The van der Waals surface area contributed by atoms with Crippen LogP contribution in [0.25, 0.3) is 10.9 Å². The predicted molar refractivity (Wildman–Crippen MR) is 49.5 cm³/mol. The van der Waals surface area contributed by atoms with E-state index in [0.717, 1.165) is 16.7 Å². The summed E-state index contributed by atoms with van der Waals surface area (Å²) < 4.78 is 5.43. The molecule has 1 aromatic carbocycles. The van der Waals surface area contributed by atoms with Gasteiger partial charge in [0.2, 0.25) is 0 Å². The van der Waals surface area contributed by atoms with Gasteiger partial charge in [0.1, 0.15) is 5.75 Å². The fourth-order valence-electron chi connectivity index (χ4n) is 1.32. The molecule has 0 bridgehead atoms. The zero-order valence-electron chi connectivity index (χ0n) is 7.00. The minimum absolute atomic E-state index is 0.710. The Bertz CT molecular complexity index is 378. The van der Waals surface area contributed by atoms with E-state index in [2.05, 4.69) is 11.1 Å². The lowest BCUT2D eigenvalue weighted by Crippen LogP contribution is -1.88. The molecule has 12 heavy (non-hydrogen) atoms. The first-order valence-corrected chi connectivity index (χ1v) is 4.10. The number of para-hydroxylation sites is 1. The Morgan fingerprint density at radius 1 is 1.33 bits per heavy atom. The molecular formula is C10H11NO. The van der Waals surface area contributed by atoms with Crippen molar-refractivity contribution in [3.63, 3.8) is 0 Å².